The van der Waals surface area contributed by atoms with Gasteiger partial charge in [-0.05, 0) is 29.7 Å². The molecule has 6 heteroatoms. The first kappa shape index (κ1) is 29.2. The molecule has 0 saturated heterocycles. The van der Waals surface area contributed by atoms with E-state index in [2.05, 4.69) is 59.6 Å². The summed E-state index contributed by atoms with van der Waals surface area (Å²) in [5.74, 6) is 2.47. The van der Waals surface area contributed by atoms with Crippen LogP contribution in [0.2, 0.25) is 0 Å². The molecular weight excluding hydrogens is 613 g/mol. The normalized spacial score (nSPS) is 11.2. The van der Waals surface area contributed by atoms with Crippen molar-refractivity contribution in [2.75, 3.05) is 0 Å². The van der Waals surface area contributed by atoms with Crippen molar-refractivity contribution < 1.29 is 0 Å². The summed E-state index contributed by atoms with van der Waals surface area (Å²) in [5.41, 5.74) is 8.39. The molecule has 50 heavy (non-hydrogen) atoms. The third-order valence-corrected chi connectivity index (χ3v) is 8.79. The van der Waals surface area contributed by atoms with E-state index < -0.39 is 0 Å². The molecule has 9 aromatic rings. The Morgan fingerprint density at radius 2 is 0.820 bits per heavy atom. The maximum Gasteiger partial charge on any atom is 0.164 e. The molecule has 9 rings (SSSR count). The van der Waals surface area contributed by atoms with Crippen LogP contribution in [-0.2, 0) is 0 Å². The lowest BCUT2D eigenvalue weighted by atomic mass is 9.99. The zero-order valence-electron chi connectivity index (χ0n) is 26.8. The fraction of sp³-hybridized carbons (Fsp3) is 0. The monoisotopic (exact) mass is 640 g/mol. The van der Waals surface area contributed by atoms with Crippen molar-refractivity contribution in [2.24, 2.45) is 0 Å². The molecule has 0 radical (unpaired) electrons. The van der Waals surface area contributed by atoms with Crippen LogP contribution in [0.15, 0.2) is 170 Å². The van der Waals surface area contributed by atoms with Crippen LogP contribution in [0.25, 0.3) is 89.7 Å². The van der Waals surface area contributed by atoms with Gasteiger partial charge < -0.3 is 0 Å². The number of hydrogen-bond acceptors (Lipinski definition) is 6. The predicted octanol–water partition coefficient (Wildman–Crippen LogP) is 10.4. The first-order valence-corrected chi connectivity index (χ1v) is 16.5. The van der Waals surface area contributed by atoms with Crippen LogP contribution in [-0.4, -0.2) is 29.9 Å². The summed E-state index contributed by atoms with van der Waals surface area (Å²) in [5, 5.41) is 3.05. The highest BCUT2D eigenvalue weighted by Crippen LogP contribution is 2.35. The van der Waals surface area contributed by atoms with E-state index in [9.17, 15) is 0 Å². The maximum atomic E-state index is 5.19. The summed E-state index contributed by atoms with van der Waals surface area (Å²) in [4.78, 5) is 29.8. The molecule has 0 aliphatic rings. The van der Waals surface area contributed by atoms with Crippen molar-refractivity contribution in [3.8, 4) is 68.1 Å². The second-order valence-electron chi connectivity index (χ2n) is 12.0. The standard InChI is InChI=1S/C44H28N6/c1-4-12-31(13-5-1)39-36-26-25-29-19-24-35(28-37(29)40(36)47-41(46-39)32-14-6-2-7-15-32)44-49-42(33-16-8-3-9-17-33)48-43(50-44)34-22-20-30(21-23-34)38-18-10-11-27-45-38/h1-28H. The topological polar surface area (TPSA) is 77.3 Å². The molecule has 0 aliphatic carbocycles. The predicted molar refractivity (Wildman–Crippen MR) is 201 cm³/mol. The van der Waals surface area contributed by atoms with Gasteiger partial charge in [-0.2, -0.15) is 0 Å². The summed E-state index contributed by atoms with van der Waals surface area (Å²) in [6.45, 7) is 0. The van der Waals surface area contributed by atoms with Gasteiger partial charge in [-0.15, -0.1) is 0 Å². The first-order valence-electron chi connectivity index (χ1n) is 16.5. The minimum atomic E-state index is 0.585. The molecule has 0 unspecified atom stereocenters. The van der Waals surface area contributed by atoms with Crippen molar-refractivity contribution in [1.82, 2.24) is 29.9 Å². The highest BCUT2D eigenvalue weighted by atomic mass is 15.0. The Morgan fingerprint density at radius 1 is 0.320 bits per heavy atom. The molecule has 0 fully saturated rings. The lowest BCUT2D eigenvalue weighted by molar-refractivity contribution is 1.07. The Balaban J connectivity index is 1.23. The minimum absolute atomic E-state index is 0.585. The fourth-order valence-corrected chi connectivity index (χ4v) is 6.26. The fourth-order valence-electron chi connectivity index (χ4n) is 6.26. The van der Waals surface area contributed by atoms with Gasteiger partial charge in [0.25, 0.3) is 0 Å². The van der Waals surface area contributed by atoms with Crippen LogP contribution in [0.3, 0.4) is 0 Å². The summed E-state index contributed by atoms with van der Waals surface area (Å²) in [6.07, 6.45) is 1.80. The number of benzene rings is 6. The molecular formula is C44H28N6. The molecule has 6 aromatic carbocycles. The van der Waals surface area contributed by atoms with Crippen molar-refractivity contribution >= 4 is 21.7 Å². The van der Waals surface area contributed by atoms with E-state index in [0.717, 1.165) is 66.4 Å². The van der Waals surface area contributed by atoms with Crippen molar-refractivity contribution in [3.05, 3.63) is 170 Å². The van der Waals surface area contributed by atoms with Crippen molar-refractivity contribution in [2.45, 2.75) is 0 Å². The van der Waals surface area contributed by atoms with Crippen LogP contribution in [0, 0.1) is 0 Å². The highest BCUT2D eigenvalue weighted by molar-refractivity contribution is 6.10. The summed E-state index contributed by atoms with van der Waals surface area (Å²) < 4.78 is 0. The van der Waals surface area contributed by atoms with Crippen molar-refractivity contribution in [1.29, 1.82) is 0 Å². The van der Waals surface area contributed by atoms with Crippen LogP contribution in [0.4, 0.5) is 0 Å². The van der Waals surface area contributed by atoms with Gasteiger partial charge in [0.15, 0.2) is 23.3 Å². The Morgan fingerprint density at radius 3 is 1.44 bits per heavy atom. The SMILES string of the molecule is c1ccc(-c2nc(-c3ccc(-c4ccccn4)cc3)nc(-c3ccc4ccc5c(-c6ccccc6)nc(-c6ccccc6)nc5c4c3)n2)cc1. The molecule has 0 N–H and O–H groups in total. The Hall–Kier alpha value is -6.92. The molecule has 234 valence electrons. The minimum Gasteiger partial charge on any atom is -0.256 e. The molecule has 0 aliphatic heterocycles. The maximum absolute atomic E-state index is 5.19. The zero-order chi connectivity index (χ0) is 33.3. The van der Waals surface area contributed by atoms with Crippen LogP contribution < -0.4 is 0 Å². The second kappa shape index (κ2) is 12.6. The molecule has 0 atom stereocenters. The van der Waals surface area contributed by atoms with E-state index in [1.54, 1.807) is 6.20 Å². The number of hydrogen-bond donors (Lipinski definition) is 0. The third-order valence-electron chi connectivity index (χ3n) is 8.79. The van der Waals surface area contributed by atoms with Crippen LogP contribution in [0.5, 0.6) is 0 Å². The molecule has 3 aromatic heterocycles. The van der Waals surface area contributed by atoms with E-state index in [0.29, 0.717) is 23.3 Å². The molecule has 0 bridgehead atoms. The number of fused-ring (bicyclic) bond motifs is 3. The van der Waals surface area contributed by atoms with E-state index in [1.165, 1.54) is 0 Å². The third kappa shape index (κ3) is 5.55. The van der Waals surface area contributed by atoms with Gasteiger partial charge in [-0.3, -0.25) is 4.98 Å². The Labute approximate surface area is 288 Å². The van der Waals surface area contributed by atoms with Gasteiger partial charge in [-0.1, -0.05) is 140 Å². The average Bonchev–Trinajstić information content (AvgIpc) is 3.21. The second-order valence-corrected chi connectivity index (χ2v) is 12.0. The molecule has 0 amide bonds. The number of rotatable bonds is 6. The average molecular weight is 641 g/mol. The van der Waals surface area contributed by atoms with Gasteiger partial charge >= 0.3 is 0 Å². The summed E-state index contributed by atoms with van der Waals surface area (Å²) >= 11 is 0. The largest absolute Gasteiger partial charge is 0.256 e. The molecule has 3 heterocycles. The van der Waals surface area contributed by atoms with Gasteiger partial charge in [0.05, 0.1) is 16.9 Å². The van der Waals surface area contributed by atoms with Crippen LogP contribution >= 0.6 is 0 Å². The van der Waals surface area contributed by atoms with Crippen LogP contribution in [0.1, 0.15) is 0 Å². The molecule has 0 saturated carbocycles. The van der Waals surface area contributed by atoms with Gasteiger partial charge in [0, 0.05) is 50.4 Å². The summed E-state index contributed by atoms with van der Waals surface area (Å²) in [7, 11) is 0. The van der Waals surface area contributed by atoms with Gasteiger partial charge in [-0.25, -0.2) is 24.9 Å². The van der Waals surface area contributed by atoms with E-state index in [1.807, 2.05) is 109 Å². The van der Waals surface area contributed by atoms with Crippen molar-refractivity contribution in [3.63, 3.8) is 0 Å². The van der Waals surface area contributed by atoms with E-state index in [-0.39, 0.29) is 0 Å². The summed E-state index contributed by atoms with van der Waals surface area (Å²) in [6, 6.07) is 55.2. The molecule has 0 spiro atoms. The van der Waals surface area contributed by atoms with Gasteiger partial charge in [0.2, 0.25) is 0 Å². The Kier molecular flexibility index (Phi) is 7.37. The lowest BCUT2D eigenvalue weighted by Crippen LogP contribution is -2.00. The molecule has 6 nitrogen and oxygen atoms in total. The van der Waals surface area contributed by atoms with E-state index >= 15 is 0 Å². The first-order chi connectivity index (χ1) is 24.8. The number of nitrogens with zero attached hydrogens (tertiary/aromatic N) is 6. The smallest absolute Gasteiger partial charge is 0.164 e. The lowest BCUT2D eigenvalue weighted by Gasteiger charge is -2.13. The zero-order valence-corrected chi connectivity index (χ0v) is 26.8. The van der Waals surface area contributed by atoms with E-state index in [4.69, 9.17) is 24.9 Å². The Bertz CT molecular complexity index is 2610. The number of pyridine rings is 1. The highest BCUT2D eigenvalue weighted by Gasteiger charge is 2.17. The van der Waals surface area contributed by atoms with Gasteiger partial charge in [0.1, 0.15) is 0 Å². The number of aromatic nitrogens is 6. The quantitative estimate of drug-likeness (QED) is 0.168.